The first-order valence-electron chi connectivity index (χ1n) is 4.77. The van der Waals surface area contributed by atoms with E-state index in [-0.39, 0.29) is 0 Å². The fourth-order valence-electron chi connectivity index (χ4n) is 1.39. The Balaban J connectivity index is 2.13. The van der Waals surface area contributed by atoms with Crippen LogP contribution in [0.25, 0.3) is 0 Å². The molecule has 0 bridgehead atoms. The summed E-state index contributed by atoms with van der Waals surface area (Å²) < 4.78 is 0. The zero-order valence-electron chi connectivity index (χ0n) is 7.77. The van der Waals surface area contributed by atoms with E-state index in [0.29, 0.717) is 0 Å². The predicted molar refractivity (Wildman–Crippen MR) is 49.7 cm³/mol. The van der Waals surface area contributed by atoms with E-state index in [9.17, 15) is 0 Å². The van der Waals surface area contributed by atoms with E-state index in [1.165, 1.54) is 38.9 Å². The van der Waals surface area contributed by atoms with E-state index in [4.69, 9.17) is 0 Å². The maximum atomic E-state index is 2.55. The highest BCUT2D eigenvalue weighted by molar-refractivity contribution is 5.23. The van der Waals surface area contributed by atoms with Gasteiger partial charge in [0, 0.05) is 6.54 Å². The normalized spacial score (nSPS) is 15.4. The van der Waals surface area contributed by atoms with Crippen molar-refractivity contribution >= 4 is 0 Å². The van der Waals surface area contributed by atoms with Crippen LogP contribution >= 0.6 is 0 Å². The molecular weight excluding hydrogens is 134 g/mol. The van der Waals surface area contributed by atoms with Gasteiger partial charge in [0.25, 0.3) is 0 Å². The molecule has 0 saturated carbocycles. The van der Waals surface area contributed by atoms with E-state index in [1.54, 1.807) is 5.57 Å². The molecule has 0 aromatic heterocycles. The monoisotopic (exact) mass is 153 g/mol. The molecule has 11 heavy (non-hydrogen) atoms. The maximum absolute atomic E-state index is 2.55. The highest BCUT2D eigenvalue weighted by Gasteiger charge is 2.11. The minimum Gasteiger partial charge on any atom is -0.299 e. The van der Waals surface area contributed by atoms with Crippen LogP contribution in [0.4, 0.5) is 0 Å². The number of allylic oxidation sites excluding steroid dienone is 1. The molecule has 1 aliphatic rings. The van der Waals surface area contributed by atoms with E-state index < -0.39 is 0 Å². The average Bonchev–Trinajstić information content (AvgIpc) is 2.73. The minimum absolute atomic E-state index is 1.24. The lowest BCUT2D eigenvalue weighted by Gasteiger charge is -2.19. The molecule has 0 saturated heterocycles. The standard InChI is InChI=1S/C10H19N/c1-3-7-11(8-4-2)9-10-5-6-10/h5H,3-4,6-9H2,1-2H3. The van der Waals surface area contributed by atoms with Gasteiger partial charge in [-0.15, -0.1) is 0 Å². The summed E-state index contributed by atoms with van der Waals surface area (Å²) in [6, 6.07) is 0. The predicted octanol–water partition coefficient (Wildman–Crippen LogP) is 2.44. The number of hydrogen-bond donors (Lipinski definition) is 0. The Morgan fingerprint density at radius 2 is 1.82 bits per heavy atom. The van der Waals surface area contributed by atoms with Gasteiger partial charge in [0.05, 0.1) is 0 Å². The van der Waals surface area contributed by atoms with Gasteiger partial charge in [0.1, 0.15) is 0 Å². The lowest BCUT2D eigenvalue weighted by Crippen LogP contribution is -2.26. The summed E-state index contributed by atoms with van der Waals surface area (Å²) in [5.41, 5.74) is 1.65. The fraction of sp³-hybridized carbons (Fsp3) is 0.800. The molecule has 1 rings (SSSR count). The summed E-state index contributed by atoms with van der Waals surface area (Å²) in [6.45, 7) is 8.28. The molecule has 0 aromatic rings. The van der Waals surface area contributed by atoms with Crippen LogP contribution in [0.2, 0.25) is 0 Å². The Labute approximate surface area is 70.1 Å². The smallest absolute Gasteiger partial charge is 0.0196 e. The average molecular weight is 153 g/mol. The molecule has 1 heteroatoms. The summed E-state index contributed by atoms with van der Waals surface area (Å²) in [5, 5.41) is 0. The Hall–Kier alpha value is -0.300. The van der Waals surface area contributed by atoms with Gasteiger partial charge in [0.15, 0.2) is 0 Å². The Kier molecular flexibility index (Phi) is 3.64. The first-order chi connectivity index (χ1) is 5.36. The van der Waals surface area contributed by atoms with Crippen LogP contribution in [-0.4, -0.2) is 24.5 Å². The third-order valence-corrected chi connectivity index (χ3v) is 2.00. The van der Waals surface area contributed by atoms with Crippen molar-refractivity contribution in [2.75, 3.05) is 19.6 Å². The quantitative estimate of drug-likeness (QED) is 0.530. The van der Waals surface area contributed by atoms with E-state index in [2.05, 4.69) is 24.8 Å². The van der Waals surface area contributed by atoms with Crippen molar-refractivity contribution in [1.29, 1.82) is 0 Å². The van der Waals surface area contributed by atoms with Gasteiger partial charge in [-0.3, -0.25) is 4.90 Å². The Morgan fingerprint density at radius 1 is 1.27 bits per heavy atom. The van der Waals surface area contributed by atoms with Gasteiger partial charge in [-0.1, -0.05) is 25.5 Å². The Morgan fingerprint density at radius 3 is 2.18 bits per heavy atom. The number of nitrogens with zero attached hydrogens (tertiary/aromatic N) is 1. The third-order valence-electron chi connectivity index (χ3n) is 2.00. The van der Waals surface area contributed by atoms with Crippen LogP contribution < -0.4 is 0 Å². The second kappa shape index (κ2) is 4.55. The maximum Gasteiger partial charge on any atom is 0.0196 e. The third kappa shape index (κ3) is 3.57. The lowest BCUT2D eigenvalue weighted by atomic mass is 10.3. The summed E-state index contributed by atoms with van der Waals surface area (Å²) in [5.74, 6) is 0. The zero-order chi connectivity index (χ0) is 8.10. The lowest BCUT2D eigenvalue weighted by molar-refractivity contribution is 0.299. The molecule has 0 atom stereocenters. The summed E-state index contributed by atoms with van der Waals surface area (Å²) in [6.07, 6.45) is 6.18. The van der Waals surface area contributed by atoms with Gasteiger partial charge in [-0.2, -0.15) is 0 Å². The van der Waals surface area contributed by atoms with Crippen molar-refractivity contribution in [2.24, 2.45) is 0 Å². The van der Waals surface area contributed by atoms with Crippen molar-refractivity contribution < 1.29 is 0 Å². The van der Waals surface area contributed by atoms with E-state index in [0.717, 1.165) is 0 Å². The second-order valence-electron chi connectivity index (χ2n) is 3.34. The minimum atomic E-state index is 1.24. The molecule has 0 aliphatic heterocycles. The number of hydrogen-bond acceptors (Lipinski definition) is 1. The first-order valence-corrected chi connectivity index (χ1v) is 4.77. The molecule has 1 nitrogen and oxygen atoms in total. The highest BCUT2D eigenvalue weighted by Crippen LogP contribution is 2.19. The topological polar surface area (TPSA) is 3.24 Å². The SMILES string of the molecule is CCCN(CCC)CC1=CC1. The van der Waals surface area contributed by atoms with Crippen molar-refractivity contribution in [3.8, 4) is 0 Å². The molecular formula is C10H19N. The van der Waals surface area contributed by atoms with Crippen molar-refractivity contribution in [1.82, 2.24) is 4.90 Å². The molecule has 0 radical (unpaired) electrons. The molecule has 0 unspecified atom stereocenters. The Bertz CT molecular complexity index is 132. The summed E-state index contributed by atoms with van der Waals surface area (Å²) in [7, 11) is 0. The van der Waals surface area contributed by atoms with Gasteiger partial charge in [0.2, 0.25) is 0 Å². The molecule has 0 spiro atoms. The van der Waals surface area contributed by atoms with E-state index in [1.807, 2.05) is 0 Å². The zero-order valence-corrected chi connectivity index (χ0v) is 7.77. The van der Waals surface area contributed by atoms with Crippen LogP contribution in [0, 0.1) is 0 Å². The molecule has 0 fully saturated rings. The van der Waals surface area contributed by atoms with Gasteiger partial charge >= 0.3 is 0 Å². The molecule has 0 heterocycles. The molecule has 0 aromatic carbocycles. The van der Waals surface area contributed by atoms with Crippen LogP contribution in [0.5, 0.6) is 0 Å². The first kappa shape index (κ1) is 8.79. The van der Waals surface area contributed by atoms with Gasteiger partial charge in [-0.25, -0.2) is 0 Å². The molecule has 64 valence electrons. The van der Waals surface area contributed by atoms with E-state index >= 15 is 0 Å². The van der Waals surface area contributed by atoms with Gasteiger partial charge in [-0.05, 0) is 32.4 Å². The van der Waals surface area contributed by atoms with Crippen molar-refractivity contribution in [3.63, 3.8) is 0 Å². The number of rotatable bonds is 6. The second-order valence-corrected chi connectivity index (χ2v) is 3.34. The molecule has 1 aliphatic carbocycles. The van der Waals surface area contributed by atoms with Crippen LogP contribution in [0.3, 0.4) is 0 Å². The summed E-state index contributed by atoms with van der Waals surface area (Å²) in [4.78, 5) is 2.55. The van der Waals surface area contributed by atoms with Crippen LogP contribution in [0.1, 0.15) is 33.1 Å². The van der Waals surface area contributed by atoms with Crippen molar-refractivity contribution in [2.45, 2.75) is 33.1 Å². The largest absolute Gasteiger partial charge is 0.299 e. The highest BCUT2D eigenvalue weighted by atomic mass is 15.1. The van der Waals surface area contributed by atoms with Crippen LogP contribution in [0.15, 0.2) is 11.6 Å². The summed E-state index contributed by atoms with van der Waals surface area (Å²) >= 11 is 0. The van der Waals surface area contributed by atoms with Crippen molar-refractivity contribution in [3.05, 3.63) is 11.6 Å². The van der Waals surface area contributed by atoms with Crippen LogP contribution in [-0.2, 0) is 0 Å². The molecule has 0 N–H and O–H groups in total. The molecule has 0 amide bonds. The van der Waals surface area contributed by atoms with Gasteiger partial charge < -0.3 is 0 Å². The fourth-order valence-corrected chi connectivity index (χ4v) is 1.39.